The highest BCUT2D eigenvalue weighted by atomic mass is 35.5. The van der Waals surface area contributed by atoms with E-state index in [9.17, 15) is 28.5 Å². The van der Waals surface area contributed by atoms with Gasteiger partial charge in [0.2, 0.25) is 5.79 Å². The Morgan fingerprint density at radius 2 is 1.72 bits per heavy atom. The number of aliphatic hydroxyl groups excluding tert-OH is 3. The molecule has 9 heteroatoms. The standard InChI is InChI=1S/C20H18ClF3O5/c1-9-16(25)17(26)18(27)19(29-9)14-7-13(15(21)6-11(14)8-28-19)10-2-4-12(5-3-10)20(22,23)24/h2-7,9,16-18,25-27H,8H2,1H3/t9-,16-,17+,18-,19+/m1/s1. The Morgan fingerprint density at radius 3 is 2.34 bits per heavy atom. The zero-order chi connectivity index (χ0) is 21.1. The molecule has 2 heterocycles. The lowest BCUT2D eigenvalue weighted by molar-refractivity contribution is -0.362. The van der Waals surface area contributed by atoms with Crippen LogP contribution in [-0.2, 0) is 28.0 Å². The first-order valence-corrected chi connectivity index (χ1v) is 9.29. The van der Waals surface area contributed by atoms with Crippen LogP contribution in [0.15, 0.2) is 36.4 Å². The summed E-state index contributed by atoms with van der Waals surface area (Å²) in [6.45, 7) is 1.59. The van der Waals surface area contributed by atoms with Gasteiger partial charge in [0.1, 0.15) is 18.3 Å². The molecule has 2 aliphatic heterocycles. The predicted molar refractivity (Wildman–Crippen MR) is 96.9 cm³/mol. The molecule has 2 aromatic carbocycles. The fourth-order valence-corrected chi connectivity index (χ4v) is 4.12. The number of hydrogen-bond donors (Lipinski definition) is 3. The summed E-state index contributed by atoms with van der Waals surface area (Å²) in [6, 6.07) is 7.69. The van der Waals surface area contributed by atoms with Crippen molar-refractivity contribution in [3.05, 3.63) is 58.1 Å². The Hall–Kier alpha value is -1.68. The summed E-state index contributed by atoms with van der Waals surface area (Å²) in [4.78, 5) is 0. The van der Waals surface area contributed by atoms with Crippen LogP contribution in [0.1, 0.15) is 23.6 Å². The Bertz CT molecular complexity index is 933. The highest BCUT2D eigenvalue weighted by Crippen LogP contribution is 2.48. The highest BCUT2D eigenvalue weighted by Gasteiger charge is 2.57. The lowest BCUT2D eigenvalue weighted by Gasteiger charge is -2.45. The monoisotopic (exact) mass is 430 g/mol. The summed E-state index contributed by atoms with van der Waals surface area (Å²) >= 11 is 6.35. The van der Waals surface area contributed by atoms with Gasteiger partial charge in [0.05, 0.1) is 18.3 Å². The minimum Gasteiger partial charge on any atom is -0.388 e. The summed E-state index contributed by atoms with van der Waals surface area (Å²) in [7, 11) is 0. The van der Waals surface area contributed by atoms with Crippen molar-refractivity contribution in [2.45, 2.75) is 49.9 Å². The topological polar surface area (TPSA) is 79.2 Å². The summed E-state index contributed by atoms with van der Waals surface area (Å²) in [5, 5.41) is 31.1. The molecule has 2 aliphatic rings. The van der Waals surface area contributed by atoms with Gasteiger partial charge < -0.3 is 24.8 Å². The molecular weight excluding hydrogens is 413 g/mol. The van der Waals surface area contributed by atoms with Gasteiger partial charge in [0.25, 0.3) is 0 Å². The minimum absolute atomic E-state index is 0.0505. The molecule has 2 aromatic rings. The second-order valence-corrected chi connectivity index (χ2v) is 7.68. The minimum atomic E-state index is -4.45. The van der Waals surface area contributed by atoms with Crippen LogP contribution >= 0.6 is 11.6 Å². The Balaban J connectivity index is 1.79. The maximum absolute atomic E-state index is 12.8. The van der Waals surface area contributed by atoms with Gasteiger partial charge in [-0.3, -0.25) is 0 Å². The Kier molecular flexibility index (Phi) is 4.92. The lowest BCUT2D eigenvalue weighted by atomic mass is 9.86. The van der Waals surface area contributed by atoms with Crippen molar-refractivity contribution in [3.8, 4) is 11.1 Å². The maximum Gasteiger partial charge on any atom is 0.416 e. The van der Waals surface area contributed by atoms with Crippen molar-refractivity contribution < 1.29 is 38.0 Å². The molecule has 0 amide bonds. The molecule has 4 rings (SSSR count). The summed E-state index contributed by atoms with van der Waals surface area (Å²) in [5.74, 6) is -1.71. The lowest BCUT2D eigenvalue weighted by Crippen LogP contribution is -2.61. The van der Waals surface area contributed by atoms with Crippen LogP contribution in [0.5, 0.6) is 0 Å². The number of alkyl halides is 3. The van der Waals surface area contributed by atoms with Gasteiger partial charge in [0.15, 0.2) is 0 Å². The molecule has 156 valence electrons. The number of ether oxygens (including phenoxy) is 2. The second kappa shape index (κ2) is 6.94. The molecular formula is C20H18ClF3O5. The van der Waals surface area contributed by atoms with E-state index in [1.807, 2.05) is 0 Å². The number of hydrogen-bond acceptors (Lipinski definition) is 5. The zero-order valence-electron chi connectivity index (χ0n) is 15.2. The van der Waals surface area contributed by atoms with E-state index in [0.29, 0.717) is 27.3 Å². The van der Waals surface area contributed by atoms with Crippen molar-refractivity contribution in [2.75, 3.05) is 0 Å². The quantitative estimate of drug-likeness (QED) is 0.647. The molecule has 29 heavy (non-hydrogen) atoms. The zero-order valence-corrected chi connectivity index (χ0v) is 15.9. The molecule has 0 aromatic heterocycles. The van der Waals surface area contributed by atoms with Crippen LogP contribution < -0.4 is 0 Å². The molecule has 0 aliphatic carbocycles. The van der Waals surface area contributed by atoms with E-state index in [4.69, 9.17) is 21.1 Å². The number of halogens is 4. The number of fused-ring (bicyclic) bond motifs is 2. The van der Waals surface area contributed by atoms with Crippen molar-refractivity contribution in [1.29, 1.82) is 0 Å². The fraction of sp³-hybridized carbons (Fsp3) is 0.400. The van der Waals surface area contributed by atoms with Crippen LogP contribution in [-0.4, -0.2) is 39.7 Å². The summed E-state index contributed by atoms with van der Waals surface area (Å²) < 4.78 is 50.0. The van der Waals surface area contributed by atoms with Gasteiger partial charge in [-0.25, -0.2) is 0 Å². The third-order valence-electron chi connectivity index (χ3n) is 5.44. The van der Waals surface area contributed by atoms with Crippen LogP contribution in [0.2, 0.25) is 5.02 Å². The predicted octanol–water partition coefficient (Wildman–Crippen LogP) is 3.21. The van der Waals surface area contributed by atoms with Gasteiger partial charge in [-0.2, -0.15) is 13.2 Å². The third-order valence-corrected chi connectivity index (χ3v) is 5.75. The van der Waals surface area contributed by atoms with E-state index in [1.165, 1.54) is 19.1 Å². The third kappa shape index (κ3) is 3.24. The molecule has 1 fully saturated rings. The van der Waals surface area contributed by atoms with E-state index in [1.54, 1.807) is 12.1 Å². The maximum atomic E-state index is 12.8. The first kappa shape index (κ1) is 20.6. The first-order valence-electron chi connectivity index (χ1n) is 8.91. The largest absolute Gasteiger partial charge is 0.416 e. The molecule has 0 bridgehead atoms. The van der Waals surface area contributed by atoms with Crippen molar-refractivity contribution in [1.82, 2.24) is 0 Å². The van der Waals surface area contributed by atoms with Gasteiger partial charge in [-0.05, 0) is 42.3 Å². The molecule has 0 unspecified atom stereocenters. The van der Waals surface area contributed by atoms with Gasteiger partial charge >= 0.3 is 6.18 Å². The average Bonchev–Trinajstić information content (AvgIpc) is 3.01. The Labute approximate surface area is 169 Å². The Morgan fingerprint density at radius 1 is 1.07 bits per heavy atom. The van der Waals surface area contributed by atoms with Crippen LogP contribution in [0, 0.1) is 0 Å². The molecule has 3 N–H and O–H groups in total. The van der Waals surface area contributed by atoms with E-state index >= 15 is 0 Å². The smallest absolute Gasteiger partial charge is 0.388 e. The highest BCUT2D eigenvalue weighted by molar-refractivity contribution is 6.33. The first-order chi connectivity index (χ1) is 13.5. The van der Waals surface area contributed by atoms with Crippen molar-refractivity contribution in [3.63, 3.8) is 0 Å². The van der Waals surface area contributed by atoms with Gasteiger partial charge in [-0.15, -0.1) is 0 Å². The van der Waals surface area contributed by atoms with E-state index < -0.39 is 41.9 Å². The second-order valence-electron chi connectivity index (χ2n) is 7.27. The number of rotatable bonds is 1. The molecule has 5 atom stereocenters. The molecule has 0 radical (unpaired) electrons. The van der Waals surface area contributed by atoms with Gasteiger partial charge in [0, 0.05) is 16.1 Å². The number of benzene rings is 2. The van der Waals surface area contributed by atoms with E-state index in [0.717, 1.165) is 12.1 Å². The SMILES string of the molecule is C[C@H]1O[C@]2(OCc3cc(Cl)c(-c4ccc(C(F)(F)F)cc4)cc32)[C@H](O)[C@@H](O)[C@@H]1O. The van der Waals surface area contributed by atoms with Crippen molar-refractivity contribution in [2.24, 2.45) is 0 Å². The summed E-state index contributed by atoms with van der Waals surface area (Å²) in [6.07, 6.45) is -9.66. The molecule has 5 nitrogen and oxygen atoms in total. The van der Waals surface area contributed by atoms with Gasteiger partial charge in [-0.1, -0.05) is 23.7 Å². The molecule has 0 saturated carbocycles. The average molecular weight is 431 g/mol. The van der Waals surface area contributed by atoms with Crippen LogP contribution in [0.25, 0.3) is 11.1 Å². The normalized spacial score (nSPS) is 31.9. The number of aliphatic hydroxyl groups is 3. The molecule has 1 spiro atoms. The van der Waals surface area contributed by atoms with Crippen LogP contribution in [0.3, 0.4) is 0 Å². The summed E-state index contributed by atoms with van der Waals surface area (Å²) in [5.41, 5.74) is 1.10. The fourth-order valence-electron chi connectivity index (χ4n) is 3.83. The van der Waals surface area contributed by atoms with E-state index in [-0.39, 0.29) is 6.61 Å². The van der Waals surface area contributed by atoms with Crippen molar-refractivity contribution >= 4 is 11.6 Å². The van der Waals surface area contributed by atoms with E-state index in [2.05, 4.69) is 0 Å². The van der Waals surface area contributed by atoms with Crippen LogP contribution in [0.4, 0.5) is 13.2 Å². The molecule has 1 saturated heterocycles.